The molecule has 0 unspecified atom stereocenters. The molecule has 0 aliphatic carbocycles. The van der Waals surface area contributed by atoms with Crippen LogP contribution in [0.4, 0.5) is 4.39 Å². The summed E-state index contributed by atoms with van der Waals surface area (Å²) in [4.78, 5) is 0. The van der Waals surface area contributed by atoms with Crippen LogP contribution in [-0.4, -0.2) is 9.78 Å². The zero-order valence-electron chi connectivity index (χ0n) is 10.7. The van der Waals surface area contributed by atoms with E-state index in [1.807, 2.05) is 36.5 Å². The molecule has 3 aromatic rings. The van der Waals surface area contributed by atoms with Crippen molar-refractivity contribution in [3.63, 3.8) is 0 Å². The fourth-order valence-electron chi connectivity index (χ4n) is 1.85. The standard InChI is InChI=1S/C16H13FN2O/c17-14-8-6-13(7-9-14)12-20-16-10-18-19(11-16)15-4-2-1-3-5-15/h1-11H,12H2. The Bertz CT molecular complexity index is 677. The number of hydrogen-bond acceptors (Lipinski definition) is 2. The molecule has 0 N–H and O–H groups in total. The van der Waals surface area contributed by atoms with Gasteiger partial charge in [0.05, 0.1) is 18.1 Å². The van der Waals surface area contributed by atoms with Gasteiger partial charge in [0.25, 0.3) is 0 Å². The molecule has 0 amide bonds. The molecular weight excluding hydrogens is 255 g/mol. The van der Waals surface area contributed by atoms with Crippen molar-refractivity contribution in [2.75, 3.05) is 0 Å². The van der Waals surface area contributed by atoms with Gasteiger partial charge in [-0.25, -0.2) is 9.07 Å². The first-order valence-electron chi connectivity index (χ1n) is 6.28. The molecule has 0 aliphatic rings. The SMILES string of the molecule is Fc1ccc(COc2cnn(-c3ccccc3)c2)cc1. The molecule has 3 nitrogen and oxygen atoms in total. The van der Waals surface area contributed by atoms with Crippen LogP contribution in [0, 0.1) is 5.82 Å². The lowest BCUT2D eigenvalue weighted by molar-refractivity contribution is 0.306. The number of ether oxygens (including phenoxy) is 1. The molecule has 3 rings (SSSR count). The minimum atomic E-state index is -0.245. The van der Waals surface area contributed by atoms with E-state index < -0.39 is 0 Å². The summed E-state index contributed by atoms with van der Waals surface area (Å²) in [5.74, 6) is 0.434. The van der Waals surface area contributed by atoms with Crippen molar-refractivity contribution in [3.05, 3.63) is 78.4 Å². The van der Waals surface area contributed by atoms with E-state index in [-0.39, 0.29) is 5.82 Å². The largest absolute Gasteiger partial charge is 0.486 e. The highest BCUT2D eigenvalue weighted by atomic mass is 19.1. The molecule has 1 aromatic heterocycles. The van der Waals surface area contributed by atoms with E-state index in [0.29, 0.717) is 12.4 Å². The van der Waals surface area contributed by atoms with Gasteiger partial charge in [-0.15, -0.1) is 0 Å². The first kappa shape index (κ1) is 12.4. The minimum Gasteiger partial charge on any atom is -0.486 e. The van der Waals surface area contributed by atoms with Gasteiger partial charge >= 0.3 is 0 Å². The van der Waals surface area contributed by atoms with Crippen LogP contribution in [0.1, 0.15) is 5.56 Å². The number of hydrogen-bond donors (Lipinski definition) is 0. The number of benzene rings is 2. The average Bonchev–Trinajstić information content (AvgIpc) is 2.97. The van der Waals surface area contributed by atoms with Crippen molar-refractivity contribution >= 4 is 0 Å². The normalized spacial score (nSPS) is 10.4. The third-order valence-corrected chi connectivity index (χ3v) is 2.90. The van der Waals surface area contributed by atoms with Gasteiger partial charge in [0.2, 0.25) is 0 Å². The van der Waals surface area contributed by atoms with Crippen LogP contribution in [0.25, 0.3) is 5.69 Å². The molecular formula is C16H13FN2O. The van der Waals surface area contributed by atoms with Gasteiger partial charge in [-0.2, -0.15) is 5.10 Å². The summed E-state index contributed by atoms with van der Waals surface area (Å²) in [5.41, 5.74) is 1.89. The van der Waals surface area contributed by atoms with E-state index in [4.69, 9.17) is 4.74 Å². The summed E-state index contributed by atoms with van der Waals surface area (Å²) >= 11 is 0. The highest BCUT2D eigenvalue weighted by Crippen LogP contribution is 2.15. The van der Waals surface area contributed by atoms with E-state index in [9.17, 15) is 4.39 Å². The maximum atomic E-state index is 12.8. The molecule has 0 bridgehead atoms. The van der Waals surface area contributed by atoms with Crippen molar-refractivity contribution in [1.29, 1.82) is 0 Å². The van der Waals surface area contributed by atoms with Crippen molar-refractivity contribution in [2.45, 2.75) is 6.61 Å². The Morgan fingerprint density at radius 1 is 1.00 bits per heavy atom. The lowest BCUT2D eigenvalue weighted by Crippen LogP contribution is -1.95. The molecule has 0 radical (unpaired) electrons. The van der Waals surface area contributed by atoms with Crippen molar-refractivity contribution in [3.8, 4) is 11.4 Å². The molecule has 0 saturated heterocycles. The smallest absolute Gasteiger partial charge is 0.158 e. The van der Waals surface area contributed by atoms with Crippen molar-refractivity contribution < 1.29 is 9.13 Å². The van der Waals surface area contributed by atoms with Crippen molar-refractivity contribution in [2.24, 2.45) is 0 Å². The third kappa shape index (κ3) is 2.85. The first-order valence-corrected chi connectivity index (χ1v) is 6.28. The summed E-state index contributed by atoms with van der Waals surface area (Å²) in [6.45, 7) is 0.390. The highest BCUT2D eigenvalue weighted by Gasteiger charge is 2.02. The zero-order chi connectivity index (χ0) is 13.8. The van der Waals surface area contributed by atoms with Crippen LogP contribution >= 0.6 is 0 Å². The van der Waals surface area contributed by atoms with Gasteiger partial charge in [0.1, 0.15) is 12.4 Å². The molecule has 100 valence electrons. The quantitative estimate of drug-likeness (QED) is 0.723. The number of aromatic nitrogens is 2. The van der Waals surface area contributed by atoms with Gasteiger partial charge in [0, 0.05) is 0 Å². The molecule has 0 atom stereocenters. The molecule has 0 spiro atoms. The average molecular weight is 268 g/mol. The van der Waals surface area contributed by atoms with E-state index in [2.05, 4.69) is 5.10 Å². The molecule has 4 heteroatoms. The molecule has 0 fully saturated rings. The Hall–Kier alpha value is -2.62. The van der Waals surface area contributed by atoms with Crippen molar-refractivity contribution in [1.82, 2.24) is 9.78 Å². The van der Waals surface area contributed by atoms with Crippen LogP contribution < -0.4 is 4.74 Å². The molecule has 0 aliphatic heterocycles. The van der Waals surface area contributed by atoms with Gasteiger partial charge in [-0.3, -0.25) is 0 Å². The van der Waals surface area contributed by atoms with E-state index in [1.54, 1.807) is 23.0 Å². The fourth-order valence-corrected chi connectivity index (χ4v) is 1.85. The molecule has 0 saturated carbocycles. The monoisotopic (exact) mass is 268 g/mol. The summed E-state index contributed by atoms with van der Waals surface area (Å²) < 4.78 is 20.2. The third-order valence-electron chi connectivity index (χ3n) is 2.90. The number of nitrogens with zero attached hydrogens (tertiary/aromatic N) is 2. The Kier molecular flexibility index (Phi) is 3.46. The lowest BCUT2D eigenvalue weighted by atomic mass is 10.2. The summed E-state index contributed by atoms with van der Waals surface area (Å²) in [6, 6.07) is 16.1. The Morgan fingerprint density at radius 2 is 1.75 bits per heavy atom. The second-order valence-corrected chi connectivity index (χ2v) is 4.37. The maximum Gasteiger partial charge on any atom is 0.158 e. The second-order valence-electron chi connectivity index (χ2n) is 4.37. The van der Waals surface area contributed by atoms with E-state index in [1.165, 1.54) is 12.1 Å². The molecule has 1 heterocycles. The minimum absolute atomic E-state index is 0.245. The molecule has 2 aromatic carbocycles. The summed E-state index contributed by atoms with van der Waals surface area (Å²) in [7, 11) is 0. The summed E-state index contributed by atoms with van der Waals surface area (Å²) in [5, 5.41) is 4.24. The highest BCUT2D eigenvalue weighted by molar-refractivity contribution is 5.32. The number of para-hydroxylation sites is 1. The van der Waals surface area contributed by atoms with Crippen LogP contribution in [0.2, 0.25) is 0 Å². The van der Waals surface area contributed by atoms with Gasteiger partial charge < -0.3 is 4.74 Å². The van der Waals surface area contributed by atoms with E-state index in [0.717, 1.165) is 11.3 Å². The predicted molar refractivity (Wildman–Crippen MR) is 74.3 cm³/mol. The molecule has 20 heavy (non-hydrogen) atoms. The Morgan fingerprint density at radius 3 is 2.50 bits per heavy atom. The van der Waals surface area contributed by atoms with Crippen LogP contribution in [-0.2, 0) is 6.61 Å². The predicted octanol–water partition coefficient (Wildman–Crippen LogP) is 3.59. The van der Waals surface area contributed by atoms with Gasteiger partial charge in [0.15, 0.2) is 5.75 Å². The fraction of sp³-hybridized carbons (Fsp3) is 0.0625. The number of rotatable bonds is 4. The number of halogens is 1. The maximum absolute atomic E-state index is 12.8. The Balaban J connectivity index is 1.67. The van der Waals surface area contributed by atoms with Crippen LogP contribution in [0.15, 0.2) is 67.0 Å². The van der Waals surface area contributed by atoms with Gasteiger partial charge in [-0.05, 0) is 29.8 Å². The summed E-state index contributed by atoms with van der Waals surface area (Å²) in [6.07, 6.45) is 3.48. The first-order chi connectivity index (χ1) is 9.81. The van der Waals surface area contributed by atoms with Crippen LogP contribution in [0.5, 0.6) is 5.75 Å². The second kappa shape index (κ2) is 5.57. The Labute approximate surface area is 116 Å². The van der Waals surface area contributed by atoms with Gasteiger partial charge in [-0.1, -0.05) is 30.3 Å². The zero-order valence-corrected chi connectivity index (χ0v) is 10.7. The topological polar surface area (TPSA) is 27.1 Å². The van der Waals surface area contributed by atoms with Crippen LogP contribution in [0.3, 0.4) is 0 Å². The van der Waals surface area contributed by atoms with E-state index >= 15 is 0 Å². The lowest BCUT2D eigenvalue weighted by Gasteiger charge is -2.03.